The lowest BCUT2D eigenvalue weighted by atomic mass is 10.3. The van der Waals surface area contributed by atoms with Gasteiger partial charge >= 0.3 is 5.69 Å². The van der Waals surface area contributed by atoms with Crippen molar-refractivity contribution < 1.29 is 0 Å². The lowest BCUT2D eigenvalue weighted by Crippen LogP contribution is -2.31. The summed E-state index contributed by atoms with van der Waals surface area (Å²) in [4.78, 5) is 24.4. The summed E-state index contributed by atoms with van der Waals surface area (Å²) in [5.74, 6) is 0. The van der Waals surface area contributed by atoms with Gasteiger partial charge in [0, 0.05) is 12.6 Å². The molecule has 5 heteroatoms. The fourth-order valence-electron chi connectivity index (χ4n) is 0.948. The van der Waals surface area contributed by atoms with E-state index < -0.39 is 5.69 Å². The number of aromatic nitrogens is 2. The third-order valence-electron chi connectivity index (χ3n) is 1.70. The standard InChI is InChI=1S/C7H9BrN2O2/c1-3-4-5(8)10(2)7(12)9-6(4)11/h3H2,1-2H3,(H,9,11,12). The molecule has 1 rings (SSSR count). The predicted octanol–water partition coefficient (Wildman–Crippen LogP) is 0.398. The molecule has 1 N–H and O–H groups in total. The second-order valence-corrected chi connectivity index (χ2v) is 3.19. The molecule has 0 spiro atoms. The van der Waals surface area contributed by atoms with Gasteiger partial charge in [-0.05, 0) is 22.4 Å². The summed E-state index contributed by atoms with van der Waals surface area (Å²) < 4.78 is 1.92. The van der Waals surface area contributed by atoms with Crippen LogP contribution >= 0.6 is 15.9 Å². The SMILES string of the molecule is CCc1c(Br)n(C)c(=O)[nH]c1=O. The second-order valence-electron chi connectivity index (χ2n) is 2.44. The molecule has 0 atom stereocenters. The molecule has 0 fully saturated rings. The van der Waals surface area contributed by atoms with Gasteiger partial charge in [-0.3, -0.25) is 14.3 Å². The lowest BCUT2D eigenvalue weighted by molar-refractivity contribution is 0.755. The number of halogens is 1. The van der Waals surface area contributed by atoms with Gasteiger partial charge < -0.3 is 0 Å². The zero-order chi connectivity index (χ0) is 9.30. The Balaban J connectivity index is 3.63. The minimum Gasteiger partial charge on any atom is -0.290 e. The van der Waals surface area contributed by atoms with Crippen LogP contribution in [0, 0.1) is 0 Å². The Morgan fingerprint density at radius 3 is 2.58 bits per heavy atom. The number of hydrogen-bond donors (Lipinski definition) is 1. The Kier molecular flexibility index (Phi) is 2.52. The first-order valence-corrected chi connectivity index (χ1v) is 4.35. The number of nitrogens with one attached hydrogen (secondary N) is 1. The van der Waals surface area contributed by atoms with Gasteiger partial charge in [-0.25, -0.2) is 4.79 Å². The van der Waals surface area contributed by atoms with Crippen molar-refractivity contribution in [3.63, 3.8) is 0 Å². The van der Waals surface area contributed by atoms with Gasteiger partial charge in [0.05, 0.1) is 4.60 Å². The first-order valence-electron chi connectivity index (χ1n) is 3.55. The summed E-state index contributed by atoms with van der Waals surface area (Å²) in [7, 11) is 1.60. The Morgan fingerprint density at radius 2 is 2.08 bits per heavy atom. The van der Waals surface area contributed by atoms with Crippen molar-refractivity contribution in [3.8, 4) is 0 Å². The Hall–Kier alpha value is -0.840. The van der Waals surface area contributed by atoms with E-state index in [1.807, 2.05) is 6.92 Å². The van der Waals surface area contributed by atoms with Crippen molar-refractivity contribution in [2.45, 2.75) is 13.3 Å². The van der Waals surface area contributed by atoms with Crippen molar-refractivity contribution in [3.05, 3.63) is 31.0 Å². The van der Waals surface area contributed by atoms with Crippen LogP contribution in [0.2, 0.25) is 0 Å². The molecular weight excluding hydrogens is 224 g/mol. The van der Waals surface area contributed by atoms with Crippen LogP contribution in [0.4, 0.5) is 0 Å². The van der Waals surface area contributed by atoms with Gasteiger partial charge in [0.25, 0.3) is 5.56 Å². The molecule has 0 aliphatic rings. The molecule has 0 bridgehead atoms. The Labute approximate surface area is 77.4 Å². The van der Waals surface area contributed by atoms with Crippen molar-refractivity contribution in [2.24, 2.45) is 7.05 Å². The van der Waals surface area contributed by atoms with E-state index in [-0.39, 0.29) is 5.56 Å². The van der Waals surface area contributed by atoms with Crippen LogP contribution in [0.5, 0.6) is 0 Å². The van der Waals surface area contributed by atoms with Crippen molar-refractivity contribution in [1.82, 2.24) is 9.55 Å². The first kappa shape index (κ1) is 9.25. The summed E-state index contributed by atoms with van der Waals surface area (Å²) in [5, 5.41) is 0. The van der Waals surface area contributed by atoms with Crippen LogP contribution in [0.3, 0.4) is 0 Å². The van der Waals surface area contributed by atoms with E-state index in [1.54, 1.807) is 7.05 Å². The maximum absolute atomic E-state index is 11.1. The monoisotopic (exact) mass is 232 g/mol. The summed E-state index contributed by atoms with van der Waals surface area (Å²) in [6.07, 6.45) is 0.601. The number of aromatic amines is 1. The van der Waals surface area contributed by atoms with Crippen LogP contribution in [-0.4, -0.2) is 9.55 Å². The zero-order valence-electron chi connectivity index (χ0n) is 6.85. The minimum atomic E-state index is -0.399. The van der Waals surface area contributed by atoms with E-state index in [0.29, 0.717) is 16.6 Å². The Bertz CT molecular complexity index is 405. The van der Waals surface area contributed by atoms with Gasteiger partial charge in [-0.1, -0.05) is 6.92 Å². The lowest BCUT2D eigenvalue weighted by Gasteiger charge is -2.03. The Morgan fingerprint density at radius 1 is 1.50 bits per heavy atom. The highest BCUT2D eigenvalue weighted by molar-refractivity contribution is 9.10. The molecule has 0 aromatic carbocycles. The van der Waals surface area contributed by atoms with Crippen LogP contribution < -0.4 is 11.2 Å². The van der Waals surface area contributed by atoms with Crippen molar-refractivity contribution >= 4 is 15.9 Å². The van der Waals surface area contributed by atoms with Crippen LogP contribution in [0.25, 0.3) is 0 Å². The molecule has 0 amide bonds. The van der Waals surface area contributed by atoms with Gasteiger partial charge in [0.2, 0.25) is 0 Å². The maximum Gasteiger partial charge on any atom is 0.328 e. The predicted molar refractivity (Wildman–Crippen MR) is 49.4 cm³/mol. The van der Waals surface area contributed by atoms with E-state index >= 15 is 0 Å². The highest BCUT2D eigenvalue weighted by atomic mass is 79.9. The fourth-order valence-corrected chi connectivity index (χ4v) is 1.57. The van der Waals surface area contributed by atoms with E-state index in [4.69, 9.17) is 0 Å². The summed E-state index contributed by atoms with van der Waals surface area (Å²) in [5.41, 5.74) is -0.117. The molecule has 1 heterocycles. The number of rotatable bonds is 1. The molecule has 12 heavy (non-hydrogen) atoms. The second kappa shape index (κ2) is 3.26. The molecule has 0 saturated carbocycles. The van der Waals surface area contributed by atoms with Gasteiger partial charge in [0.15, 0.2) is 0 Å². The maximum atomic E-state index is 11.1. The molecule has 0 saturated heterocycles. The molecular formula is C7H9BrN2O2. The third-order valence-corrected chi connectivity index (χ3v) is 2.71. The largest absolute Gasteiger partial charge is 0.328 e. The van der Waals surface area contributed by atoms with Crippen LogP contribution in [0.1, 0.15) is 12.5 Å². The van der Waals surface area contributed by atoms with E-state index in [1.165, 1.54) is 4.57 Å². The third kappa shape index (κ3) is 1.36. The topological polar surface area (TPSA) is 54.9 Å². The van der Waals surface area contributed by atoms with Crippen LogP contribution in [-0.2, 0) is 13.5 Å². The normalized spacial score (nSPS) is 10.2. The van der Waals surface area contributed by atoms with Gasteiger partial charge in [-0.2, -0.15) is 0 Å². The number of H-pyrrole nitrogens is 1. The molecule has 0 unspecified atom stereocenters. The van der Waals surface area contributed by atoms with Gasteiger partial charge in [0.1, 0.15) is 0 Å². The van der Waals surface area contributed by atoms with Gasteiger partial charge in [-0.15, -0.1) is 0 Å². The highest BCUT2D eigenvalue weighted by Crippen LogP contribution is 2.08. The minimum absolute atomic E-state index is 0.313. The quantitative estimate of drug-likeness (QED) is 0.713. The highest BCUT2D eigenvalue weighted by Gasteiger charge is 2.06. The average Bonchev–Trinajstić information content (AvgIpc) is 2.01. The molecule has 66 valence electrons. The van der Waals surface area contributed by atoms with E-state index in [2.05, 4.69) is 20.9 Å². The van der Waals surface area contributed by atoms with Crippen LogP contribution in [0.15, 0.2) is 14.2 Å². The van der Waals surface area contributed by atoms with E-state index in [9.17, 15) is 9.59 Å². The zero-order valence-corrected chi connectivity index (χ0v) is 8.43. The van der Waals surface area contributed by atoms with Crippen molar-refractivity contribution in [2.75, 3.05) is 0 Å². The molecule has 1 aromatic heterocycles. The molecule has 1 aromatic rings. The number of nitrogens with zero attached hydrogens (tertiary/aromatic N) is 1. The summed E-state index contributed by atoms with van der Waals surface area (Å²) >= 11 is 3.18. The van der Waals surface area contributed by atoms with E-state index in [0.717, 1.165) is 0 Å². The molecule has 4 nitrogen and oxygen atoms in total. The summed E-state index contributed by atoms with van der Waals surface area (Å²) in [6.45, 7) is 1.86. The van der Waals surface area contributed by atoms with Crippen molar-refractivity contribution in [1.29, 1.82) is 0 Å². The fraction of sp³-hybridized carbons (Fsp3) is 0.429. The molecule has 0 aliphatic carbocycles. The smallest absolute Gasteiger partial charge is 0.290 e. The average molecular weight is 233 g/mol. The number of hydrogen-bond acceptors (Lipinski definition) is 2. The first-order chi connectivity index (χ1) is 5.57. The molecule has 0 radical (unpaired) electrons. The molecule has 0 aliphatic heterocycles. The summed E-state index contributed by atoms with van der Waals surface area (Å²) in [6, 6.07) is 0.